The Labute approximate surface area is 524 Å². The van der Waals surface area contributed by atoms with Gasteiger partial charge in [-0.15, -0.1) is 0 Å². The van der Waals surface area contributed by atoms with E-state index in [0.29, 0.717) is 67.2 Å². The lowest BCUT2D eigenvalue weighted by molar-refractivity contribution is -0.0369. The van der Waals surface area contributed by atoms with Crippen molar-refractivity contribution >= 4 is 50.0 Å². The van der Waals surface area contributed by atoms with E-state index in [0.717, 1.165) is 150 Å². The number of carbonyl (C=O) groups is 2. The van der Waals surface area contributed by atoms with Crippen LogP contribution in [0.1, 0.15) is 152 Å². The molecule has 4 aliphatic rings. The number of pyridine rings is 2. The van der Waals surface area contributed by atoms with Crippen molar-refractivity contribution in [3.63, 3.8) is 0 Å². The monoisotopic (exact) mass is 1260 g/mol. The van der Waals surface area contributed by atoms with E-state index in [1.54, 1.807) is 14.5 Å². The molecule has 8 aromatic heterocycles. The summed E-state index contributed by atoms with van der Waals surface area (Å²) >= 11 is 0. The molecular weight excluding hydrogens is 1170 g/mol. The number of fused-ring (bicyclic) bond motifs is 2. The summed E-state index contributed by atoms with van der Waals surface area (Å²) in [5.74, 6) is 1.90. The Kier molecular flexibility index (Phi) is 19.4. The number of amides is 2. The topological polar surface area (TPSA) is 315 Å². The summed E-state index contributed by atoms with van der Waals surface area (Å²) in [5.41, 5.74) is 15.0. The molecule has 2 amide bonds. The number of rotatable bonds is 9. The molecule has 4 saturated heterocycles. The van der Waals surface area contributed by atoms with Crippen LogP contribution in [0.25, 0.3) is 67.4 Å². The van der Waals surface area contributed by atoms with Crippen LogP contribution < -0.4 is 11.1 Å². The molecule has 12 heterocycles. The van der Waals surface area contributed by atoms with Gasteiger partial charge in [0.25, 0.3) is 0 Å². The van der Waals surface area contributed by atoms with Gasteiger partial charge in [0.15, 0.2) is 23.8 Å². The molecule has 27 heteroatoms. The number of aryl methyl sites for hydroxylation is 6. The zero-order valence-corrected chi connectivity index (χ0v) is 54.7. The van der Waals surface area contributed by atoms with E-state index in [1.807, 2.05) is 118 Å². The highest BCUT2D eigenvalue weighted by Gasteiger charge is 2.32. The average molecular weight is 1260 g/mol. The maximum Gasteiger partial charge on any atom is 0.410 e. The van der Waals surface area contributed by atoms with Crippen LogP contribution in [0.5, 0.6) is 0 Å². The molecule has 4 aliphatic heterocycles. The summed E-state index contributed by atoms with van der Waals surface area (Å²) in [7, 11) is -3.58. The number of hydrogen-bond acceptors (Lipinski definition) is 22. The van der Waals surface area contributed by atoms with Gasteiger partial charge in [-0.3, -0.25) is 0 Å². The van der Waals surface area contributed by atoms with Crippen molar-refractivity contribution in [1.29, 1.82) is 0 Å². The number of nitrogens with one attached hydrogen (secondary N) is 1. The molecule has 4 atom stereocenters. The van der Waals surface area contributed by atoms with Crippen molar-refractivity contribution in [2.45, 2.75) is 188 Å². The van der Waals surface area contributed by atoms with Crippen LogP contribution >= 0.6 is 0 Å². The fourth-order valence-electron chi connectivity index (χ4n) is 11.5. The highest BCUT2D eigenvalue weighted by atomic mass is 32.2. The molecule has 482 valence electrons. The highest BCUT2D eigenvalue weighted by Crippen LogP contribution is 2.38. The van der Waals surface area contributed by atoms with E-state index in [1.165, 1.54) is 6.20 Å². The minimum atomic E-state index is -3.58. The van der Waals surface area contributed by atoms with E-state index >= 15 is 0 Å². The van der Waals surface area contributed by atoms with E-state index in [-0.39, 0.29) is 41.9 Å². The van der Waals surface area contributed by atoms with Crippen molar-refractivity contribution in [2.24, 2.45) is 5.73 Å². The van der Waals surface area contributed by atoms with Crippen LogP contribution in [-0.4, -0.2) is 159 Å². The number of nitrogens with two attached hydrogens (primary N) is 1. The Morgan fingerprint density at radius 2 is 1.08 bits per heavy atom. The number of hydrogen-bond donors (Lipinski definition) is 2. The van der Waals surface area contributed by atoms with Crippen molar-refractivity contribution < 1.29 is 46.0 Å². The molecule has 26 nitrogen and oxygen atoms in total. The molecule has 8 aromatic rings. The first kappa shape index (κ1) is 65.0. The van der Waals surface area contributed by atoms with Crippen LogP contribution in [0.2, 0.25) is 0 Å². The maximum atomic E-state index is 12.7. The van der Waals surface area contributed by atoms with Crippen molar-refractivity contribution in [1.82, 2.24) is 69.6 Å². The summed E-state index contributed by atoms with van der Waals surface area (Å²) < 4.78 is 61.6. The number of carbonyl (C=O) groups excluding carboxylic acids is 2. The molecule has 0 spiro atoms. The van der Waals surface area contributed by atoms with Crippen LogP contribution in [-0.2, 0) is 28.8 Å². The van der Waals surface area contributed by atoms with Gasteiger partial charge in [0.1, 0.15) is 34.1 Å². The zero-order chi connectivity index (χ0) is 64.4. The lowest BCUT2D eigenvalue weighted by atomic mass is 10.1. The number of ether oxygens (including phenoxy) is 4. The summed E-state index contributed by atoms with van der Waals surface area (Å²) in [6.45, 7) is 26.5. The molecule has 90 heavy (non-hydrogen) atoms. The van der Waals surface area contributed by atoms with Gasteiger partial charge in [0, 0.05) is 80.9 Å². The first-order valence-corrected chi connectivity index (χ1v) is 32.8. The number of likely N-dealkylation sites (tertiary alicyclic amines) is 2. The van der Waals surface area contributed by atoms with E-state index < -0.39 is 21.0 Å². The Morgan fingerprint density at radius 1 is 0.600 bits per heavy atom. The standard InChI is InChI=1S/C31H40N8O4.C22H24N6O4S.C10H20N2O2/c1-18-16-32-29(33-21-10-9-14-38(17-21)30(40)42-31(4,5)6)35-26(18)27-22-12-13-23(25-19(2)37-43-20(25)3)34-28(22)39(36-27)24-11-7-8-15-41-24;1-12-11-23-22(33(4,29)30)25-19(12)20-15-8-9-16(18-13(2)27-32-14(18)3)24-21(15)28(26-20)17-7-5-6-10-31-17;1-10(2,3)14-9(13)12-6-4-5-8(11)7-12/h12-13,16,21,24H,7-11,14-15,17H2,1-6H3,(H,32,33,35);8-9,11,17H,5-7,10H2,1-4H3;8H,4-7,11H2,1-3H3/t21-,24?;;8-/m0.0/s1. The molecule has 0 aliphatic carbocycles. The predicted octanol–water partition coefficient (Wildman–Crippen LogP) is 10.9. The fraction of sp³-hybridized carbons (Fsp3) is 0.556. The molecule has 12 rings (SSSR count). The molecular formula is C63H84N16O10S. The zero-order valence-electron chi connectivity index (χ0n) is 53.9. The second-order valence-electron chi connectivity index (χ2n) is 25.7. The SMILES string of the molecule is CC(C)(C)OC(=O)N1CCC[C@H](N)C1.Cc1cnc(N[C@H]2CCCN(C(=O)OC(C)(C)C)C2)nc1-c1nn(C2CCCCO2)c2nc(-c3c(C)noc3C)ccc12.Cc1cnc(S(C)(=O)=O)nc1-c1nn(C2CCCCO2)c2nc(-c3c(C)noc3C)ccc12. The lowest BCUT2D eigenvalue weighted by Crippen LogP contribution is -2.47. The Bertz CT molecular complexity index is 3960. The normalized spacial score (nSPS) is 19.2. The van der Waals surface area contributed by atoms with Crippen molar-refractivity contribution in [3.8, 4) is 45.3 Å². The summed E-state index contributed by atoms with van der Waals surface area (Å²) in [5, 5.41) is 22.9. The first-order valence-electron chi connectivity index (χ1n) is 30.9. The minimum Gasteiger partial charge on any atom is -0.444 e. The van der Waals surface area contributed by atoms with Gasteiger partial charge >= 0.3 is 12.2 Å². The predicted molar refractivity (Wildman–Crippen MR) is 337 cm³/mol. The molecule has 0 aromatic carbocycles. The van der Waals surface area contributed by atoms with Crippen molar-refractivity contribution in [2.75, 3.05) is 51.0 Å². The maximum absolute atomic E-state index is 12.7. The van der Waals surface area contributed by atoms with Gasteiger partial charge in [-0.2, -0.15) is 10.2 Å². The number of sulfone groups is 1. The quantitative estimate of drug-likeness (QED) is 0.127. The molecule has 0 radical (unpaired) electrons. The first-order chi connectivity index (χ1) is 42.7. The molecule has 0 bridgehead atoms. The van der Waals surface area contributed by atoms with Crippen LogP contribution in [0, 0.1) is 41.5 Å². The molecule has 0 saturated carbocycles. The fourth-order valence-corrected chi connectivity index (χ4v) is 12.0. The van der Waals surface area contributed by atoms with E-state index in [2.05, 4.69) is 30.6 Å². The van der Waals surface area contributed by atoms with Crippen molar-refractivity contribution in [3.05, 3.63) is 70.7 Å². The summed E-state index contributed by atoms with van der Waals surface area (Å²) in [4.78, 5) is 55.6. The Hall–Kier alpha value is -8.01. The Balaban J connectivity index is 0.000000167. The molecule has 2 unspecified atom stereocenters. The number of anilines is 1. The van der Waals surface area contributed by atoms with Gasteiger partial charge in [0.2, 0.25) is 20.9 Å². The number of aromatic nitrogens is 12. The number of nitrogens with zero attached hydrogens (tertiary/aromatic N) is 14. The van der Waals surface area contributed by atoms with Crippen LogP contribution in [0.15, 0.2) is 50.9 Å². The smallest absolute Gasteiger partial charge is 0.410 e. The van der Waals surface area contributed by atoms with Gasteiger partial charge in [0.05, 0.1) is 45.3 Å². The third-order valence-corrected chi connectivity index (χ3v) is 16.6. The second-order valence-corrected chi connectivity index (χ2v) is 27.6. The average Bonchev–Trinajstić information content (AvgIpc) is 1.61. The number of piperidine rings is 2. The lowest BCUT2D eigenvalue weighted by Gasteiger charge is -2.34. The van der Waals surface area contributed by atoms with Crippen LogP contribution in [0.3, 0.4) is 0 Å². The van der Waals surface area contributed by atoms with Gasteiger partial charge in [-0.1, -0.05) is 10.3 Å². The van der Waals surface area contributed by atoms with E-state index in [9.17, 15) is 18.0 Å². The second kappa shape index (κ2) is 26.8. The minimum absolute atomic E-state index is 0.000962. The largest absolute Gasteiger partial charge is 0.444 e. The third kappa shape index (κ3) is 15.1. The summed E-state index contributed by atoms with van der Waals surface area (Å²) in [6.07, 6.45) is 12.9. The highest BCUT2D eigenvalue weighted by molar-refractivity contribution is 7.90. The van der Waals surface area contributed by atoms with Gasteiger partial charge in [-0.05, 0) is 183 Å². The van der Waals surface area contributed by atoms with Gasteiger partial charge in [-0.25, -0.2) is 57.3 Å². The third-order valence-electron chi connectivity index (χ3n) is 15.8. The van der Waals surface area contributed by atoms with Gasteiger partial charge < -0.3 is 48.8 Å². The summed E-state index contributed by atoms with van der Waals surface area (Å²) in [6, 6.07) is 7.94. The Morgan fingerprint density at radius 3 is 1.52 bits per heavy atom. The molecule has 3 N–H and O–H groups in total. The van der Waals surface area contributed by atoms with E-state index in [4.69, 9.17) is 58.9 Å². The molecule has 4 fully saturated rings. The van der Waals surface area contributed by atoms with Crippen LogP contribution in [0.4, 0.5) is 15.5 Å².